The highest BCUT2D eigenvalue weighted by atomic mass is 32.1. The number of hydrogen-bond donors (Lipinski definition) is 1. The van der Waals surface area contributed by atoms with Gasteiger partial charge in [-0.25, -0.2) is 27.9 Å². The van der Waals surface area contributed by atoms with Crippen LogP contribution in [0.4, 0.5) is 13.8 Å². The van der Waals surface area contributed by atoms with Gasteiger partial charge in [0.25, 0.3) is 12.3 Å². The Balaban J connectivity index is 1.72. The molecule has 1 aliphatic carbocycles. The Kier molecular flexibility index (Phi) is 5.63. The molecule has 1 amide bonds. The van der Waals surface area contributed by atoms with Crippen molar-refractivity contribution in [2.24, 2.45) is 0 Å². The Labute approximate surface area is 184 Å². The van der Waals surface area contributed by atoms with E-state index in [0.717, 1.165) is 28.7 Å². The lowest BCUT2D eigenvalue weighted by atomic mass is 10.1. The van der Waals surface area contributed by atoms with Crippen molar-refractivity contribution >= 4 is 39.8 Å². The van der Waals surface area contributed by atoms with Crippen molar-refractivity contribution in [3.05, 3.63) is 45.2 Å². The molecule has 0 spiro atoms. The molecule has 4 rings (SSSR count). The highest BCUT2D eigenvalue weighted by molar-refractivity contribution is 7.18. The van der Waals surface area contributed by atoms with Crippen LogP contribution in [0, 0.1) is 6.92 Å². The number of thiophene rings is 1. The summed E-state index contributed by atoms with van der Waals surface area (Å²) in [5.74, 6) is -2.05. The molecule has 0 unspecified atom stereocenters. The van der Waals surface area contributed by atoms with Crippen molar-refractivity contribution < 1.29 is 32.6 Å². The lowest BCUT2D eigenvalue weighted by Gasteiger charge is -2.06. The van der Waals surface area contributed by atoms with Gasteiger partial charge in [0.2, 0.25) is 0 Å². The molecular formula is C20H18F2N4O5S. The van der Waals surface area contributed by atoms with Crippen molar-refractivity contribution in [3.63, 3.8) is 0 Å². The molecule has 3 aromatic rings. The van der Waals surface area contributed by atoms with E-state index in [-0.39, 0.29) is 44.0 Å². The molecular weight excluding hydrogens is 446 g/mol. The largest absolute Gasteiger partial charge is 0.465 e. The summed E-state index contributed by atoms with van der Waals surface area (Å²) in [6.07, 6.45) is -1.05. The molecule has 0 saturated heterocycles. The monoisotopic (exact) mass is 464 g/mol. The van der Waals surface area contributed by atoms with E-state index in [0.29, 0.717) is 5.69 Å². The Morgan fingerprint density at radius 1 is 1.19 bits per heavy atom. The van der Waals surface area contributed by atoms with Crippen LogP contribution >= 0.6 is 11.3 Å². The molecule has 0 bridgehead atoms. The Morgan fingerprint density at radius 2 is 1.88 bits per heavy atom. The van der Waals surface area contributed by atoms with E-state index in [9.17, 15) is 23.2 Å². The summed E-state index contributed by atoms with van der Waals surface area (Å²) < 4.78 is 37.5. The normalized spacial score (nSPS) is 13.4. The second-order valence-electron chi connectivity index (χ2n) is 7.18. The number of carbonyl (C=O) groups is 3. The van der Waals surface area contributed by atoms with Gasteiger partial charge in [-0.2, -0.15) is 5.10 Å². The molecule has 1 fully saturated rings. The van der Waals surface area contributed by atoms with Gasteiger partial charge in [-0.15, -0.1) is 11.3 Å². The fourth-order valence-electron chi connectivity index (χ4n) is 3.28. The molecule has 0 aromatic carbocycles. The van der Waals surface area contributed by atoms with Gasteiger partial charge in [0.05, 0.1) is 19.8 Å². The van der Waals surface area contributed by atoms with Crippen molar-refractivity contribution in [1.29, 1.82) is 0 Å². The molecule has 9 nitrogen and oxygen atoms in total. The van der Waals surface area contributed by atoms with Gasteiger partial charge in [0.1, 0.15) is 15.6 Å². The predicted octanol–water partition coefficient (Wildman–Crippen LogP) is 3.74. The number of ether oxygens (including phenoxy) is 2. The zero-order chi connectivity index (χ0) is 23.2. The summed E-state index contributed by atoms with van der Waals surface area (Å²) in [7, 11) is 2.36. The number of nitrogens with zero attached hydrogens (tertiary/aromatic N) is 3. The molecule has 1 saturated carbocycles. The number of alkyl halides is 2. The molecule has 168 valence electrons. The molecule has 3 aromatic heterocycles. The number of halogens is 2. The number of nitrogens with one attached hydrogen (secondary N) is 1. The SMILES string of the molecule is COC(=O)c1sc(NC(=O)c2cc3nc(C4CC4)cc(C(F)F)n3n2)c(C(=O)OC)c1C. The van der Waals surface area contributed by atoms with E-state index in [1.54, 1.807) is 0 Å². The number of rotatable bonds is 6. The fourth-order valence-corrected chi connectivity index (χ4v) is 4.38. The zero-order valence-corrected chi connectivity index (χ0v) is 18.1. The maximum Gasteiger partial charge on any atom is 0.348 e. The number of carbonyl (C=O) groups excluding carboxylic acids is 3. The predicted molar refractivity (Wildman–Crippen MR) is 110 cm³/mol. The standard InChI is InChI=1S/C20H18F2N4O5S/c1-8-14(19(28)30-2)18(32-15(8)20(29)31-3)24-17(27)11-7-13-23-10(9-4-5-9)6-12(16(21)22)26(13)25-11/h6-7,9,16H,4-5H2,1-3H3,(H,24,27). The van der Waals surface area contributed by atoms with Crippen molar-refractivity contribution in [1.82, 2.24) is 14.6 Å². The van der Waals surface area contributed by atoms with E-state index < -0.39 is 24.3 Å². The first-order valence-electron chi connectivity index (χ1n) is 9.55. The maximum atomic E-state index is 13.6. The average molecular weight is 464 g/mol. The van der Waals surface area contributed by atoms with Crippen molar-refractivity contribution in [2.45, 2.75) is 32.1 Å². The average Bonchev–Trinajstić information content (AvgIpc) is 3.45. The minimum absolute atomic E-state index is 0.00238. The maximum absolute atomic E-state index is 13.6. The number of hydrogen-bond acceptors (Lipinski definition) is 8. The molecule has 0 aliphatic heterocycles. The van der Waals surface area contributed by atoms with Gasteiger partial charge >= 0.3 is 11.9 Å². The first-order chi connectivity index (χ1) is 15.2. The van der Waals surface area contributed by atoms with Gasteiger partial charge in [-0.3, -0.25) is 4.79 Å². The molecule has 1 N–H and O–H groups in total. The minimum atomic E-state index is -2.80. The van der Waals surface area contributed by atoms with Gasteiger partial charge in [0, 0.05) is 17.7 Å². The summed E-state index contributed by atoms with van der Waals surface area (Å²) >= 11 is 0.838. The summed E-state index contributed by atoms with van der Waals surface area (Å²) in [5, 5.41) is 6.56. The van der Waals surface area contributed by atoms with Crippen LogP contribution < -0.4 is 5.32 Å². The fraction of sp³-hybridized carbons (Fsp3) is 0.350. The topological polar surface area (TPSA) is 112 Å². The summed E-state index contributed by atoms with van der Waals surface area (Å²) in [4.78, 5) is 41.6. The highest BCUT2D eigenvalue weighted by Gasteiger charge is 2.30. The van der Waals surface area contributed by atoms with Crippen LogP contribution in [0.15, 0.2) is 12.1 Å². The minimum Gasteiger partial charge on any atom is -0.465 e. The third-order valence-electron chi connectivity index (χ3n) is 5.06. The first kappa shape index (κ1) is 21.8. The lowest BCUT2D eigenvalue weighted by Crippen LogP contribution is -2.15. The van der Waals surface area contributed by atoms with E-state index in [1.165, 1.54) is 33.3 Å². The number of methoxy groups -OCH3 is 2. The summed E-state index contributed by atoms with van der Waals surface area (Å²) in [6, 6.07) is 2.61. The molecule has 3 heterocycles. The number of aromatic nitrogens is 3. The second-order valence-corrected chi connectivity index (χ2v) is 8.20. The molecule has 0 atom stereocenters. The smallest absolute Gasteiger partial charge is 0.348 e. The molecule has 32 heavy (non-hydrogen) atoms. The van der Waals surface area contributed by atoms with Crippen LogP contribution in [0.2, 0.25) is 0 Å². The number of anilines is 1. The van der Waals surface area contributed by atoms with E-state index in [1.807, 2.05) is 0 Å². The van der Waals surface area contributed by atoms with E-state index in [2.05, 4.69) is 15.4 Å². The van der Waals surface area contributed by atoms with Gasteiger partial charge in [-0.05, 0) is 31.4 Å². The zero-order valence-electron chi connectivity index (χ0n) is 17.3. The molecule has 12 heteroatoms. The second kappa shape index (κ2) is 8.26. The van der Waals surface area contributed by atoms with Gasteiger partial charge in [0.15, 0.2) is 11.3 Å². The van der Waals surface area contributed by atoms with Crippen LogP contribution in [-0.4, -0.2) is 46.7 Å². The Hall–Kier alpha value is -3.41. The lowest BCUT2D eigenvalue weighted by molar-refractivity contribution is 0.0601. The molecule has 0 radical (unpaired) electrons. The molecule has 1 aliphatic rings. The van der Waals surface area contributed by atoms with Gasteiger partial charge < -0.3 is 14.8 Å². The number of esters is 2. The van der Waals surface area contributed by atoms with Crippen LogP contribution in [0.3, 0.4) is 0 Å². The Bertz CT molecular complexity index is 1250. The van der Waals surface area contributed by atoms with E-state index in [4.69, 9.17) is 9.47 Å². The number of amides is 1. The third kappa shape index (κ3) is 3.81. The summed E-state index contributed by atoms with van der Waals surface area (Å²) in [6.45, 7) is 1.52. The van der Waals surface area contributed by atoms with Crippen LogP contribution in [0.1, 0.15) is 72.7 Å². The van der Waals surface area contributed by atoms with Crippen LogP contribution in [0.25, 0.3) is 5.65 Å². The van der Waals surface area contributed by atoms with Crippen molar-refractivity contribution in [3.8, 4) is 0 Å². The quantitative estimate of drug-likeness (QED) is 0.553. The van der Waals surface area contributed by atoms with Crippen molar-refractivity contribution in [2.75, 3.05) is 19.5 Å². The van der Waals surface area contributed by atoms with Crippen LogP contribution in [-0.2, 0) is 9.47 Å². The number of fused-ring (bicyclic) bond motifs is 1. The highest BCUT2D eigenvalue weighted by Crippen LogP contribution is 2.40. The third-order valence-corrected chi connectivity index (χ3v) is 6.25. The first-order valence-corrected chi connectivity index (χ1v) is 10.4. The Morgan fingerprint density at radius 3 is 2.47 bits per heavy atom. The van der Waals surface area contributed by atoms with E-state index >= 15 is 0 Å². The van der Waals surface area contributed by atoms with Crippen LogP contribution in [0.5, 0.6) is 0 Å². The van der Waals surface area contributed by atoms with Gasteiger partial charge in [-0.1, -0.05) is 0 Å². The summed E-state index contributed by atoms with van der Waals surface area (Å²) in [5.41, 5.74) is 0.428.